The molecule has 1 saturated heterocycles. The molecule has 8 nitrogen and oxygen atoms in total. The Labute approximate surface area is 181 Å². The zero-order valence-corrected chi connectivity index (χ0v) is 20.0. The number of esters is 1. The van der Waals surface area contributed by atoms with E-state index in [1.165, 1.54) is 10.6 Å². The summed E-state index contributed by atoms with van der Waals surface area (Å²) in [6.45, 7) is 13.9. The molecule has 0 unspecified atom stereocenters. The number of piperidine rings is 1. The van der Waals surface area contributed by atoms with Crippen LogP contribution in [0.4, 0.5) is 0 Å². The third-order valence-electron chi connectivity index (χ3n) is 5.61. The number of rotatable bonds is 9. The molecule has 1 fully saturated rings. The highest BCUT2D eigenvalue weighted by Gasteiger charge is 2.51. The smallest absolute Gasteiger partial charge is 0.335 e. The first-order valence-electron chi connectivity index (χ1n) is 10.8. The molecular weight excluding hydrogens is 406 g/mol. The third-order valence-corrected chi connectivity index (χ3v) is 6.91. The van der Waals surface area contributed by atoms with Gasteiger partial charge < -0.3 is 15.0 Å². The van der Waals surface area contributed by atoms with Crippen LogP contribution in [-0.4, -0.2) is 80.6 Å². The fraction of sp³-hybridized carbons (Fsp3) is 0.810. The number of sulfonamides is 1. The van der Waals surface area contributed by atoms with E-state index in [1.807, 2.05) is 0 Å². The van der Waals surface area contributed by atoms with E-state index >= 15 is 0 Å². The van der Waals surface area contributed by atoms with Crippen molar-refractivity contribution in [3.63, 3.8) is 0 Å². The summed E-state index contributed by atoms with van der Waals surface area (Å²) in [4.78, 5) is 27.6. The summed E-state index contributed by atoms with van der Waals surface area (Å²) in [7, 11) is -3.31. The van der Waals surface area contributed by atoms with Gasteiger partial charge in [0.1, 0.15) is 5.60 Å². The van der Waals surface area contributed by atoms with Crippen LogP contribution in [-0.2, 0) is 24.3 Å². The molecule has 2 heterocycles. The van der Waals surface area contributed by atoms with Crippen molar-refractivity contribution >= 4 is 21.9 Å². The highest BCUT2D eigenvalue weighted by molar-refractivity contribution is 7.88. The molecule has 0 radical (unpaired) electrons. The van der Waals surface area contributed by atoms with Gasteiger partial charge in [0.2, 0.25) is 10.0 Å². The Kier molecular flexibility index (Phi) is 8.09. The second-order valence-electron chi connectivity index (χ2n) is 9.35. The quantitative estimate of drug-likeness (QED) is 0.541. The normalized spacial score (nSPS) is 20.0. The Morgan fingerprint density at radius 1 is 1.17 bits per heavy atom. The van der Waals surface area contributed by atoms with Crippen LogP contribution in [0, 0.1) is 11.8 Å². The second kappa shape index (κ2) is 9.78. The van der Waals surface area contributed by atoms with E-state index in [9.17, 15) is 18.0 Å². The number of nitrogens with one attached hydrogen (secondary N) is 1. The van der Waals surface area contributed by atoms with Gasteiger partial charge in [0.15, 0.2) is 0 Å². The van der Waals surface area contributed by atoms with Crippen molar-refractivity contribution in [2.45, 2.75) is 53.1 Å². The minimum Gasteiger partial charge on any atom is -0.450 e. The van der Waals surface area contributed by atoms with Crippen molar-refractivity contribution in [1.82, 2.24) is 14.5 Å². The lowest BCUT2D eigenvalue weighted by molar-refractivity contribution is -0.150. The average molecular weight is 444 g/mol. The number of hydrogen-bond acceptors (Lipinski definition) is 6. The fourth-order valence-electron chi connectivity index (χ4n) is 4.36. The molecule has 1 spiro atoms. The summed E-state index contributed by atoms with van der Waals surface area (Å²) < 4.78 is 30.6. The van der Waals surface area contributed by atoms with Crippen molar-refractivity contribution in [1.29, 1.82) is 0 Å². The van der Waals surface area contributed by atoms with Crippen molar-refractivity contribution in [2.24, 2.45) is 11.8 Å². The molecule has 172 valence electrons. The predicted molar refractivity (Wildman–Crippen MR) is 116 cm³/mol. The van der Waals surface area contributed by atoms with Crippen molar-refractivity contribution in [3.8, 4) is 0 Å². The van der Waals surface area contributed by atoms with Crippen molar-refractivity contribution in [3.05, 3.63) is 11.1 Å². The molecule has 1 N–H and O–H groups in total. The van der Waals surface area contributed by atoms with Gasteiger partial charge in [-0.3, -0.25) is 4.79 Å². The molecule has 0 atom stereocenters. The third kappa shape index (κ3) is 6.04. The van der Waals surface area contributed by atoms with Crippen LogP contribution >= 0.6 is 0 Å². The summed E-state index contributed by atoms with van der Waals surface area (Å²) >= 11 is 0. The van der Waals surface area contributed by atoms with E-state index in [0.29, 0.717) is 42.4 Å². The number of amides is 1. The molecule has 9 heteroatoms. The van der Waals surface area contributed by atoms with E-state index in [0.717, 1.165) is 19.6 Å². The lowest BCUT2D eigenvalue weighted by Gasteiger charge is -2.38. The summed E-state index contributed by atoms with van der Waals surface area (Å²) in [6.07, 6.45) is 1.75. The van der Waals surface area contributed by atoms with Gasteiger partial charge in [-0.05, 0) is 18.8 Å². The summed E-state index contributed by atoms with van der Waals surface area (Å²) in [5.74, 6) is 0.288. The van der Waals surface area contributed by atoms with E-state index in [-0.39, 0.29) is 19.0 Å². The maximum absolute atomic E-state index is 13.0. The van der Waals surface area contributed by atoms with Gasteiger partial charge in [-0.1, -0.05) is 27.7 Å². The maximum Gasteiger partial charge on any atom is 0.335 e. The second-order valence-corrected chi connectivity index (χ2v) is 11.3. The van der Waals surface area contributed by atoms with Gasteiger partial charge in [-0.15, -0.1) is 0 Å². The van der Waals surface area contributed by atoms with Crippen molar-refractivity contribution < 1.29 is 22.7 Å². The molecule has 0 aliphatic carbocycles. The van der Waals surface area contributed by atoms with Gasteiger partial charge >= 0.3 is 5.97 Å². The van der Waals surface area contributed by atoms with Crippen LogP contribution in [0.1, 0.15) is 47.5 Å². The lowest BCUT2D eigenvalue weighted by Crippen LogP contribution is -2.50. The average Bonchev–Trinajstić information content (AvgIpc) is 2.83. The molecular formula is C21H37N3O5S. The number of carbonyl (C=O) groups is 2. The Morgan fingerprint density at radius 3 is 2.17 bits per heavy atom. The first-order chi connectivity index (χ1) is 13.9. The minimum atomic E-state index is -3.31. The Hall–Kier alpha value is -1.45. The molecule has 0 saturated carbocycles. The monoisotopic (exact) mass is 443 g/mol. The van der Waals surface area contributed by atoms with Crippen LogP contribution in [0.2, 0.25) is 0 Å². The van der Waals surface area contributed by atoms with Gasteiger partial charge in [0, 0.05) is 57.7 Å². The number of carbonyl (C=O) groups excluding carboxylic acids is 2. The summed E-state index contributed by atoms with van der Waals surface area (Å²) in [5.41, 5.74) is -0.344. The first kappa shape index (κ1) is 24.8. The molecule has 0 bridgehead atoms. The van der Waals surface area contributed by atoms with Crippen LogP contribution in [0.15, 0.2) is 11.1 Å². The largest absolute Gasteiger partial charge is 0.450 e. The van der Waals surface area contributed by atoms with E-state index in [4.69, 9.17) is 4.74 Å². The van der Waals surface area contributed by atoms with Crippen LogP contribution in [0.5, 0.6) is 0 Å². The van der Waals surface area contributed by atoms with Crippen molar-refractivity contribution in [2.75, 3.05) is 45.5 Å². The van der Waals surface area contributed by atoms with Gasteiger partial charge in [0.05, 0.1) is 11.8 Å². The van der Waals surface area contributed by atoms with Gasteiger partial charge in [-0.2, -0.15) is 0 Å². The topological polar surface area (TPSA) is 96.0 Å². The molecule has 2 rings (SSSR count). The van der Waals surface area contributed by atoms with E-state index < -0.39 is 21.6 Å². The predicted octanol–water partition coefficient (Wildman–Crippen LogP) is 1.38. The highest BCUT2D eigenvalue weighted by Crippen LogP contribution is 2.41. The summed E-state index contributed by atoms with van der Waals surface area (Å²) in [6, 6.07) is 0. The lowest BCUT2D eigenvalue weighted by atomic mass is 9.83. The zero-order chi connectivity index (χ0) is 22.7. The molecule has 0 aromatic rings. The van der Waals surface area contributed by atoms with Gasteiger partial charge in [0.25, 0.3) is 5.91 Å². The van der Waals surface area contributed by atoms with Crippen LogP contribution in [0.3, 0.4) is 0 Å². The molecule has 0 aromatic carbocycles. The molecule has 0 aromatic heterocycles. The number of hydrogen-bond donors (Lipinski definition) is 1. The minimum absolute atomic E-state index is 0.229. The standard InChI is InChI=1S/C21H37N3O5S/c1-15(2)13-23(14-16(3)4)12-9-22-19(25)18-17(5)20(26)29-21(18)7-10-24(11-8-21)30(6,27)28/h15-16H,7-14H2,1-6H3,(H,22,25). The van der Waals surface area contributed by atoms with Gasteiger partial charge in [-0.25, -0.2) is 17.5 Å². The Balaban J connectivity index is 2.04. The molecule has 1 amide bonds. The first-order valence-corrected chi connectivity index (χ1v) is 12.6. The molecule has 2 aliphatic heterocycles. The fourth-order valence-corrected chi connectivity index (χ4v) is 5.21. The SMILES string of the molecule is CC1=C(C(=O)NCCN(CC(C)C)CC(C)C)C2(CCN(S(C)(=O)=O)CC2)OC1=O. The summed E-state index contributed by atoms with van der Waals surface area (Å²) in [5, 5.41) is 2.96. The Morgan fingerprint density at radius 2 is 1.70 bits per heavy atom. The zero-order valence-electron chi connectivity index (χ0n) is 19.2. The maximum atomic E-state index is 13.0. The van der Waals surface area contributed by atoms with E-state index in [2.05, 4.69) is 37.9 Å². The van der Waals surface area contributed by atoms with E-state index in [1.54, 1.807) is 6.92 Å². The van der Waals surface area contributed by atoms with Crippen LogP contribution in [0.25, 0.3) is 0 Å². The molecule has 30 heavy (non-hydrogen) atoms. The number of ether oxygens (including phenoxy) is 1. The Bertz CT molecular complexity index is 770. The number of nitrogens with zero attached hydrogens (tertiary/aromatic N) is 2. The van der Waals surface area contributed by atoms with Crippen LogP contribution < -0.4 is 5.32 Å². The highest BCUT2D eigenvalue weighted by atomic mass is 32.2. The molecule has 2 aliphatic rings.